The van der Waals surface area contributed by atoms with E-state index < -0.39 is 20.5 Å². The SMILES string of the molecule is N#CC1(CC(=O)[C@@H]2C[C@H](S(=O)(=O)c3ccccc3Cl)C[C@H]2CN2CCC(c3ccc(F)cc3)CC2)CC1. The van der Waals surface area contributed by atoms with Gasteiger partial charge in [-0.05, 0) is 93.3 Å². The molecule has 2 aliphatic carbocycles. The third kappa shape index (κ3) is 5.62. The van der Waals surface area contributed by atoms with Crippen molar-refractivity contribution in [3.8, 4) is 6.07 Å². The molecule has 2 aromatic carbocycles. The Morgan fingerprint density at radius 2 is 1.76 bits per heavy atom. The van der Waals surface area contributed by atoms with Gasteiger partial charge in [0.1, 0.15) is 11.6 Å². The predicted molar refractivity (Wildman–Crippen MR) is 140 cm³/mol. The minimum Gasteiger partial charge on any atom is -0.303 e. The highest BCUT2D eigenvalue weighted by molar-refractivity contribution is 7.92. The number of nitriles is 1. The molecule has 1 aliphatic heterocycles. The Bertz CT molecular complexity index is 1300. The summed E-state index contributed by atoms with van der Waals surface area (Å²) < 4.78 is 40.4. The van der Waals surface area contributed by atoms with Gasteiger partial charge in [0.05, 0.1) is 26.7 Å². The summed E-state index contributed by atoms with van der Waals surface area (Å²) in [5.41, 5.74) is 0.599. The zero-order valence-electron chi connectivity index (χ0n) is 20.8. The summed E-state index contributed by atoms with van der Waals surface area (Å²) in [4.78, 5) is 15.9. The minimum absolute atomic E-state index is 0.0297. The fourth-order valence-corrected chi connectivity index (χ4v) is 8.62. The molecule has 0 unspecified atom stereocenters. The number of likely N-dealkylation sites (tertiary alicyclic amines) is 1. The fraction of sp³-hybridized carbons (Fsp3) is 0.517. The summed E-state index contributed by atoms with van der Waals surface area (Å²) in [6.07, 6.45) is 4.28. The van der Waals surface area contributed by atoms with Crippen molar-refractivity contribution >= 4 is 27.2 Å². The molecular weight excluding hydrogens is 511 g/mol. The molecule has 1 heterocycles. The first-order valence-electron chi connectivity index (χ1n) is 13.1. The Hall–Kier alpha value is -2.27. The summed E-state index contributed by atoms with van der Waals surface area (Å²) in [7, 11) is -3.69. The highest BCUT2D eigenvalue weighted by atomic mass is 35.5. The van der Waals surface area contributed by atoms with E-state index in [4.69, 9.17) is 11.6 Å². The number of halogens is 2. The number of Topliss-reactive ketones (excluding diaryl/α,β-unsaturated/α-hetero) is 1. The number of hydrogen-bond acceptors (Lipinski definition) is 5. The van der Waals surface area contributed by atoms with Crippen LogP contribution < -0.4 is 0 Å². The first kappa shape index (κ1) is 26.3. The maximum Gasteiger partial charge on any atom is 0.182 e. The molecule has 0 radical (unpaired) electrons. The number of nitrogens with zero attached hydrogens (tertiary/aromatic N) is 2. The van der Waals surface area contributed by atoms with Gasteiger partial charge in [-0.1, -0.05) is 35.9 Å². The lowest BCUT2D eigenvalue weighted by Crippen LogP contribution is -2.38. The zero-order valence-corrected chi connectivity index (χ0v) is 22.4. The van der Waals surface area contributed by atoms with Crippen molar-refractivity contribution in [1.29, 1.82) is 5.26 Å². The van der Waals surface area contributed by atoms with Gasteiger partial charge in [-0.2, -0.15) is 5.26 Å². The van der Waals surface area contributed by atoms with Crippen LogP contribution in [0, 0.1) is 34.4 Å². The molecule has 2 saturated carbocycles. The number of carbonyl (C=O) groups excluding carboxylic acids is 1. The topological polar surface area (TPSA) is 78.2 Å². The van der Waals surface area contributed by atoms with E-state index in [1.165, 1.54) is 18.2 Å². The lowest BCUT2D eigenvalue weighted by Gasteiger charge is -2.35. The maximum atomic E-state index is 13.6. The monoisotopic (exact) mass is 542 g/mol. The lowest BCUT2D eigenvalue weighted by atomic mass is 9.85. The highest BCUT2D eigenvalue weighted by Crippen LogP contribution is 2.50. The molecule has 3 aliphatic rings. The number of sulfone groups is 1. The molecule has 3 fully saturated rings. The molecule has 8 heteroatoms. The van der Waals surface area contributed by atoms with Crippen LogP contribution in [-0.2, 0) is 14.6 Å². The number of benzene rings is 2. The molecule has 2 aromatic rings. The van der Waals surface area contributed by atoms with Crippen LogP contribution in [-0.4, -0.2) is 44.0 Å². The third-order valence-electron chi connectivity index (χ3n) is 8.67. The quantitative estimate of drug-likeness (QED) is 0.422. The van der Waals surface area contributed by atoms with Gasteiger partial charge >= 0.3 is 0 Å². The molecule has 0 bridgehead atoms. The van der Waals surface area contributed by atoms with Crippen LogP contribution in [0.3, 0.4) is 0 Å². The average Bonchev–Trinajstić information content (AvgIpc) is 3.53. The highest BCUT2D eigenvalue weighted by Gasteiger charge is 2.50. The summed E-state index contributed by atoms with van der Waals surface area (Å²) in [6.45, 7) is 2.37. The van der Waals surface area contributed by atoms with Crippen molar-refractivity contribution in [2.75, 3.05) is 19.6 Å². The van der Waals surface area contributed by atoms with E-state index in [9.17, 15) is 22.9 Å². The Morgan fingerprint density at radius 1 is 1.08 bits per heavy atom. The Kier molecular flexibility index (Phi) is 7.46. The van der Waals surface area contributed by atoms with Crippen molar-refractivity contribution in [3.63, 3.8) is 0 Å². The summed E-state index contributed by atoms with van der Waals surface area (Å²) >= 11 is 6.25. The normalized spacial score (nSPS) is 26.0. The lowest BCUT2D eigenvalue weighted by molar-refractivity contribution is -0.125. The summed E-state index contributed by atoms with van der Waals surface area (Å²) in [5.74, 6) is -0.281. The van der Waals surface area contributed by atoms with E-state index in [-0.39, 0.29) is 46.2 Å². The number of piperidine rings is 1. The van der Waals surface area contributed by atoms with E-state index in [1.54, 1.807) is 18.2 Å². The molecular formula is C29H32ClFN2O3S. The van der Waals surface area contributed by atoms with Crippen LogP contribution in [0.5, 0.6) is 0 Å². The van der Waals surface area contributed by atoms with Gasteiger partial charge in [-0.25, -0.2) is 12.8 Å². The molecule has 1 saturated heterocycles. The van der Waals surface area contributed by atoms with Crippen LogP contribution in [0.25, 0.3) is 0 Å². The van der Waals surface area contributed by atoms with Gasteiger partial charge in [0, 0.05) is 18.9 Å². The van der Waals surface area contributed by atoms with Gasteiger partial charge in [-0.15, -0.1) is 0 Å². The molecule has 37 heavy (non-hydrogen) atoms. The molecule has 0 N–H and O–H groups in total. The van der Waals surface area contributed by atoms with Crippen LogP contribution in [0.4, 0.5) is 4.39 Å². The van der Waals surface area contributed by atoms with Gasteiger partial charge in [0.25, 0.3) is 0 Å². The summed E-state index contributed by atoms with van der Waals surface area (Å²) in [5, 5.41) is 9.07. The average molecular weight is 543 g/mol. The standard InChI is InChI=1S/C29H32ClFN2O3S/c30-26-3-1-2-4-28(26)37(35,36)24-15-22(25(16-24)27(34)17-29(19-32)11-12-29)18-33-13-9-21(10-14-33)20-5-7-23(31)8-6-20/h1-8,21-22,24-25H,9-18H2/t22-,24+,25+/m0/s1. The number of ketones is 1. The van der Waals surface area contributed by atoms with Crippen LogP contribution >= 0.6 is 11.6 Å². The smallest absolute Gasteiger partial charge is 0.182 e. The Labute approximate surface area is 223 Å². The number of carbonyl (C=O) groups is 1. The van der Waals surface area contributed by atoms with Crippen molar-refractivity contribution in [2.45, 2.75) is 61.0 Å². The zero-order chi connectivity index (χ0) is 26.2. The first-order chi connectivity index (χ1) is 17.7. The van der Waals surface area contributed by atoms with E-state index >= 15 is 0 Å². The molecule has 0 aromatic heterocycles. The van der Waals surface area contributed by atoms with E-state index in [1.807, 2.05) is 12.1 Å². The van der Waals surface area contributed by atoms with Gasteiger partial charge in [0.2, 0.25) is 0 Å². The van der Waals surface area contributed by atoms with Crippen molar-refractivity contribution < 1.29 is 17.6 Å². The number of hydrogen-bond donors (Lipinski definition) is 0. The van der Waals surface area contributed by atoms with Crippen molar-refractivity contribution in [3.05, 3.63) is 64.9 Å². The Balaban J connectivity index is 1.30. The van der Waals surface area contributed by atoms with Crippen LogP contribution in [0.2, 0.25) is 5.02 Å². The van der Waals surface area contributed by atoms with Gasteiger partial charge < -0.3 is 4.90 Å². The fourth-order valence-electron chi connectivity index (χ4n) is 6.24. The van der Waals surface area contributed by atoms with Gasteiger partial charge in [-0.3, -0.25) is 4.79 Å². The molecule has 0 amide bonds. The number of rotatable bonds is 8. The Morgan fingerprint density at radius 3 is 2.38 bits per heavy atom. The summed E-state index contributed by atoms with van der Waals surface area (Å²) in [6, 6.07) is 15.5. The third-order valence-corrected chi connectivity index (χ3v) is 11.3. The van der Waals surface area contributed by atoms with Crippen LogP contribution in [0.15, 0.2) is 53.4 Å². The molecule has 196 valence electrons. The van der Waals surface area contributed by atoms with Gasteiger partial charge in [0.15, 0.2) is 9.84 Å². The minimum atomic E-state index is -3.69. The molecule has 5 rings (SSSR count). The second-order valence-electron chi connectivity index (χ2n) is 11.1. The molecule has 0 spiro atoms. The first-order valence-corrected chi connectivity index (χ1v) is 15.0. The largest absolute Gasteiger partial charge is 0.303 e. The van der Waals surface area contributed by atoms with Crippen LogP contribution in [0.1, 0.15) is 56.4 Å². The van der Waals surface area contributed by atoms with Crippen molar-refractivity contribution in [2.24, 2.45) is 17.3 Å². The second-order valence-corrected chi connectivity index (χ2v) is 13.7. The van der Waals surface area contributed by atoms with E-state index in [0.29, 0.717) is 18.9 Å². The molecule has 3 atom stereocenters. The maximum absolute atomic E-state index is 13.6. The molecule has 5 nitrogen and oxygen atoms in total. The van der Waals surface area contributed by atoms with Crippen molar-refractivity contribution in [1.82, 2.24) is 4.90 Å². The van der Waals surface area contributed by atoms with E-state index in [2.05, 4.69) is 11.0 Å². The van der Waals surface area contributed by atoms with E-state index in [0.717, 1.165) is 44.3 Å². The second kappa shape index (κ2) is 10.5. The predicted octanol–water partition coefficient (Wildman–Crippen LogP) is 5.79.